The molecule has 0 aliphatic carbocycles. The number of hydrogen-bond acceptors (Lipinski definition) is 3. The molecule has 0 N–H and O–H groups in total. The largest absolute Gasteiger partial charge is 0.339 e. The normalized spacial score (nSPS) is 19.5. The van der Waals surface area contributed by atoms with Crippen molar-refractivity contribution < 1.29 is 14.1 Å². The number of carbonyl (C=O) groups excluding carboxylic acids is 1. The minimum absolute atomic E-state index is 0.174. The predicted molar refractivity (Wildman–Crippen MR) is 72.0 cm³/mol. The minimum Gasteiger partial charge on any atom is -0.339 e. The van der Waals surface area contributed by atoms with Crippen LogP contribution in [0.2, 0.25) is 0 Å². The van der Waals surface area contributed by atoms with Gasteiger partial charge in [-0.05, 0) is 37.3 Å². The summed E-state index contributed by atoms with van der Waals surface area (Å²) in [6.45, 7) is 3.44. The van der Waals surface area contributed by atoms with Gasteiger partial charge in [-0.3, -0.25) is 14.9 Å². The van der Waals surface area contributed by atoms with Crippen LogP contribution in [-0.4, -0.2) is 28.8 Å². The Hall–Kier alpha value is -1.98. The lowest BCUT2D eigenvalue weighted by Crippen LogP contribution is -2.32. The van der Waals surface area contributed by atoms with E-state index in [0.29, 0.717) is 19.0 Å². The van der Waals surface area contributed by atoms with Crippen LogP contribution >= 0.6 is 0 Å². The van der Waals surface area contributed by atoms with E-state index < -0.39 is 16.4 Å². The highest BCUT2D eigenvalue weighted by molar-refractivity contribution is 5.94. The van der Waals surface area contributed by atoms with E-state index in [-0.39, 0.29) is 11.5 Å². The second-order valence-electron chi connectivity index (χ2n) is 5.25. The van der Waals surface area contributed by atoms with Gasteiger partial charge in [0.05, 0.1) is 4.92 Å². The molecule has 0 bridgehead atoms. The minimum atomic E-state index is -0.920. The van der Waals surface area contributed by atoms with Crippen LogP contribution in [-0.2, 0) is 0 Å². The number of hydrogen-bond donors (Lipinski definition) is 0. The zero-order chi connectivity index (χ0) is 14.7. The lowest BCUT2D eigenvalue weighted by molar-refractivity contribution is -0.387. The number of nitro benzene ring substituents is 1. The summed E-state index contributed by atoms with van der Waals surface area (Å²) in [5.41, 5.74) is -0.480. The van der Waals surface area contributed by atoms with Gasteiger partial charge in [0, 0.05) is 24.7 Å². The number of amides is 1. The highest BCUT2D eigenvalue weighted by atomic mass is 19.1. The summed E-state index contributed by atoms with van der Waals surface area (Å²) < 4.78 is 13.3. The second kappa shape index (κ2) is 5.98. The number of carbonyl (C=O) groups is 1. The fourth-order valence-corrected chi connectivity index (χ4v) is 2.43. The summed E-state index contributed by atoms with van der Waals surface area (Å²) in [5, 5.41) is 10.7. The van der Waals surface area contributed by atoms with Crippen LogP contribution in [0.1, 0.15) is 36.5 Å². The van der Waals surface area contributed by atoms with Crippen LogP contribution in [0.4, 0.5) is 10.1 Å². The summed E-state index contributed by atoms with van der Waals surface area (Å²) in [4.78, 5) is 23.9. The van der Waals surface area contributed by atoms with Gasteiger partial charge < -0.3 is 4.90 Å². The van der Waals surface area contributed by atoms with Crippen LogP contribution in [0.15, 0.2) is 18.2 Å². The van der Waals surface area contributed by atoms with Crippen molar-refractivity contribution in [2.24, 2.45) is 5.92 Å². The Morgan fingerprint density at radius 3 is 2.85 bits per heavy atom. The van der Waals surface area contributed by atoms with Crippen LogP contribution in [0.5, 0.6) is 0 Å². The molecule has 6 heteroatoms. The van der Waals surface area contributed by atoms with E-state index in [1.165, 1.54) is 6.07 Å². The van der Waals surface area contributed by atoms with Crippen molar-refractivity contribution in [3.05, 3.63) is 39.7 Å². The maximum atomic E-state index is 13.3. The highest BCUT2D eigenvalue weighted by Crippen LogP contribution is 2.22. The molecule has 1 saturated heterocycles. The van der Waals surface area contributed by atoms with Gasteiger partial charge in [-0.1, -0.05) is 6.92 Å². The number of rotatable bonds is 2. The van der Waals surface area contributed by atoms with Gasteiger partial charge in [-0.25, -0.2) is 0 Å². The molecule has 2 rings (SSSR count). The van der Waals surface area contributed by atoms with Crippen molar-refractivity contribution in [1.82, 2.24) is 4.90 Å². The first-order chi connectivity index (χ1) is 9.49. The SMILES string of the molecule is CC1CCCN(C(=O)c2ccc(F)c([N+](=O)[O-])c2)CC1. The molecule has 1 fully saturated rings. The van der Waals surface area contributed by atoms with Crippen molar-refractivity contribution in [2.45, 2.75) is 26.2 Å². The summed E-state index contributed by atoms with van der Waals surface area (Å²) in [7, 11) is 0. The predicted octanol–water partition coefficient (Wildman–Crippen LogP) is 3.00. The Kier molecular flexibility index (Phi) is 4.32. The second-order valence-corrected chi connectivity index (χ2v) is 5.25. The van der Waals surface area contributed by atoms with Gasteiger partial charge in [0.1, 0.15) is 0 Å². The van der Waals surface area contributed by atoms with Crippen LogP contribution < -0.4 is 0 Å². The van der Waals surface area contributed by atoms with E-state index in [0.717, 1.165) is 31.4 Å². The molecule has 1 aliphatic heterocycles. The average Bonchev–Trinajstić information content (AvgIpc) is 2.63. The molecular formula is C14H17FN2O3. The van der Waals surface area contributed by atoms with E-state index in [4.69, 9.17) is 0 Å². The Morgan fingerprint density at radius 1 is 1.40 bits per heavy atom. The first kappa shape index (κ1) is 14.4. The quantitative estimate of drug-likeness (QED) is 0.618. The third kappa shape index (κ3) is 3.12. The van der Waals surface area contributed by atoms with Crippen LogP contribution in [0.25, 0.3) is 0 Å². The summed E-state index contributed by atoms with van der Waals surface area (Å²) >= 11 is 0. The first-order valence-electron chi connectivity index (χ1n) is 6.72. The van der Waals surface area contributed by atoms with E-state index in [2.05, 4.69) is 6.92 Å². The summed E-state index contributed by atoms with van der Waals surface area (Å²) in [6.07, 6.45) is 2.93. The zero-order valence-corrected chi connectivity index (χ0v) is 11.3. The third-order valence-electron chi connectivity index (χ3n) is 3.69. The zero-order valence-electron chi connectivity index (χ0n) is 11.3. The summed E-state index contributed by atoms with van der Waals surface area (Å²) in [5.74, 6) is -0.603. The van der Waals surface area contributed by atoms with E-state index in [1.807, 2.05) is 0 Å². The molecule has 0 aromatic heterocycles. The maximum absolute atomic E-state index is 13.3. The summed E-state index contributed by atoms with van der Waals surface area (Å²) in [6, 6.07) is 3.30. The van der Waals surface area contributed by atoms with Gasteiger partial charge in [0.2, 0.25) is 5.82 Å². The standard InChI is InChI=1S/C14H17FN2O3/c1-10-3-2-7-16(8-6-10)14(18)11-4-5-12(15)13(9-11)17(19)20/h4-5,9-10H,2-3,6-8H2,1H3. The highest BCUT2D eigenvalue weighted by Gasteiger charge is 2.23. The van der Waals surface area contributed by atoms with Crippen molar-refractivity contribution in [3.8, 4) is 0 Å². The fraction of sp³-hybridized carbons (Fsp3) is 0.500. The van der Waals surface area contributed by atoms with Gasteiger partial charge >= 0.3 is 5.69 Å². The van der Waals surface area contributed by atoms with Gasteiger partial charge in [0.25, 0.3) is 5.91 Å². The topological polar surface area (TPSA) is 63.5 Å². The number of benzene rings is 1. The third-order valence-corrected chi connectivity index (χ3v) is 3.69. The van der Waals surface area contributed by atoms with Gasteiger partial charge in [-0.2, -0.15) is 4.39 Å². The van der Waals surface area contributed by atoms with E-state index >= 15 is 0 Å². The van der Waals surface area contributed by atoms with Crippen molar-refractivity contribution >= 4 is 11.6 Å². The Labute approximate surface area is 116 Å². The molecule has 20 heavy (non-hydrogen) atoms. The molecular weight excluding hydrogens is 263 g/mol. The molecule has 108 valence electrons. The van der Waals surface area contributed by atoms with Gasteiger partial charge in [0.15, 0.2) is 0 Å². The molecule has 0 spiro atoms. The Morgan fingerprint density at radius 2 is 2.15 bits per heavy atom. The van der Waals surface area contributed by atoms with Crippen molar-refractivity contribution in [3.63, 3.8) is 0 Å². The van der Waals surface area contributed by atoms with E-state index in [9.17, 15) is 19.3 Å². The molecule has 1 unspecified atom stereocenters. The number of likely N-dealkylation sites (tertiary alicyclic amines) is 1. The number of nitrogens with zero attached hydrogens (tertiary/aromatic N) is 2. The molecule has 5 nitrogen and oxygen atoms in total. The molecule has 1 heterocycles. The lowest BCUT2D eigenvalue weighted by atomic mass is 10.0. The van der Waals surface area contributed by atoms with Gasteiger partial charge in [-0.15, -0.1) is 0 Å². The van der Waals surface area contributed by atoms with Crippen LogP contribution in [0.3, 0.4) is 0 Å². The molecule has 1 aliphatic rings. The lowest BCUT2D eigenvalue weighted by Gasteiger charge is -2.20. The maximum Gasteiger partial charge on any atom is 0.305 e. The molecule has 0 saturated carbocycles. The Bertz CT molecular complexity index is 533. The Balaban J connectivity index is 2.20. The van der Waals surface area contributed by atoms with Crippen LogP contribution in [0, 0.1) is 21.8 Å². The van der Waals surface area contributed by atoms with Crippen molar-refractivity contribution in [2.75, 3.05) is 13.1 Å². The molecule has 1 atom stereocenters. The number of halogens is 1. The molecule has 0 radical (unpaired) electrons. The molecule has 1 aromatic carbocycles. The molecule has 1 amide bonds. The van der Waals surface area contributed by atoms with Crippen molar-refractivity contribution in [1.29, 1.82) is 0 Å². The smallest absolute Gasteiger partial charge is 0.305 e. The fourth-order valence-electron chi connectivity index (χ4n) is 2.43. The number of nitro groups is 1. The molecule has 1 aromatic rings. The monoisotopic (exact) mass is 280 g/mol. The first-order valence-corrected chi connectivity index (χ1v) is 6.72. The average molecular weight is 280 g/mol. The van der Waals surface area contributed by atoms with E-state index in [1.54, 1.807) is 4.90 Å².